The van der Waals surface area contributed by atoms with Crippen LogP contribution in [-0.4, -0.2) is 6.03 Å². The van der Waals surface area contributed by atoms with E-state index < -0.39 is 6.03 Å². The van der Waals surface area contributed by atoms with E-state index in [-0.39, 0.29) is 5.69 Å². The molecule has 5 nitrogen and oxygen atoms in total. The van der Waals surface area contributed by atoms with Gasteiger partial charge < -0.3 is 5.73 Å². The zero-order chi connectivity index (χ0) is 9.84. The molecule has 6 heteroatoms. The number of nitrogens with two attached hydrogens (primary N) is 1. The lowest BCUT2D eigenvalue weighted by molar-refractivity contribution is 0.254. The van der Waals surface area contributed by atoms with Crippen molar-refractivity contribution in [1.29, 1.82) is 0 Å². The number of anilines is 1. The molecule has 0 bridgehead atoms. The van der Waals surface area contributed by atoms with Gasteiger partial charge >= 0.3 is 6.03 Å². The molecule has 0 unspecified atom stereocenters. The molecule has 0 aromatic heterocycles. The highest BCUT2D eigenvalue weighted by atomic mass is 35.5. The minimum Gasteiger partial charge on any atom is -0.350 e. The van der Waals surface area contributed by atoms with Crippen LogP contribution in [0.4, 0.5) is 10.5 Å². The number of nitrogens with zero attached hydrogens (tertiary/aromatic N) is 2. The van der Waals surface area contributed by atoms with Gasteiger partial charge in [0.05, 0.1) is 11.0 Å². The van der Waals surface area contributed by atoms with Gasteiger partial charge in [0.25, 0.3) is 0 Å². The van der Waals surface area contributed by atoms with Crippen LogP contribution in [0.15, 0.2) is 29.6 Å². The Kier molecular flexibility index (Phi) is 2.81. The van der Waals surface area contributed by atoms with Gasteiger partial charge in [-0.05, 0) is 24.3 Å². The van der Waals surface area contributed by atoms with Crippen molar-refractivity contribution in [1.82, 2.24) is 0 Å². The van der Waals surface area contributed by atoms with Crippen LogP contribution in [0.1, 0.15) is 0 Å². The van der Waals surface area contributed by atoms with E-state index >= 15 is 0 Å². The first-order valence-corrected chi connectivity index (χ1v) is 3.71. The zero-order valence-corrected chi connectivity index (χ0v) is 7.23. The number of primary amides is 1. The first kappa shape index (κ1) is 9.47. The van der Waals surface area contributed by atoms with Gasteiger partial charge in [0.1, 0.15) is 0 Å². The van der Waals surface area contributed by atoms with Gasteiger partial charge in [0, 0.05) is 5.02 Å². The first-order valence-electron chi connectivity index (χ1n) is 3.33. The second-order valence-corrected chi connectivity index (χ2v) is 2.64. The molecule has 2 N–H and O–H groups in total. The van der Waals surface area contributed by atoms with Crippen LogP contribution in [0.5, 0.6) is 0 Å². The summed E-state index contributed by atoms with van der Waals surface area (Å²) in [5.41, 5.74) is 5.16. The van der Waals surface area contributed by atoms with Crippen LogP contribution in [0.25, 0.3) is 0 Å². The van der Waals surface area contributed by atoms with Gasteiger partial charge in [0.15, 0.2) is 0 Å². The molecule has 68 valence electrons. The third kappa shape index (κ3) is 2.16. The second kappa shape index (κ2) is 3.86. The predicted molar refractivity (Wildman–Crippen MR) is 49.3 cm³/mol. The van der Waals surface area contributed by atoms with Gasteiger partial charge in [-0.25, -0.2) is 4.79 Å². The molecule has 13 heavy (non-hydrogen) atoms. The van der Waals surface area contributed by atoms with Crippen LogP contribution >= 0.6 is 11.6 Å². The minimum atomic E-state index is -0.933. The maximum absolute atomic E-state index is 10.6. The number of urea groups is 1. The zero-order valence-electron chi connectivity index (χ0n) is 6.48. The van der Waals surface area contributed by atoms with E-state index in [0.717, 1.165) is 0 Å². The number of nitroso groups, excluding NO2 is 1. The molecule has 1 aromatic rings. The maximum atomic E-state index is 10.6. The standard InChI is InChI=1S/C7H6ClN3O2/c8-5-1-3-6(4-2-5)11(10-13)7(9)12/h1-4H,(H2,9,12). The maximum Gasteiger partial charge on any atom is 0.342 e. The van der Waals surface area contributed by atoms with Crippen molar-refractivity contribution in [3.8, 4) is 0 Å². The van der Waals surface area contributed by atoms with Crippen molar-refractivity contribution in [3.05, 3.63) is 34.2 Å². The molecular weight excluding hydrogens is 194 g/mol. The molecule has 0 aliphatic heterocycles. The number of carbonyl (C=O) groups excluding carboxylic acids is 1. The third-order valence-corrected chi connectivity index (χ3v) is 1.61. The molecule has 1 aromatic carbocycles. The SMILES string of the molecule is NC(=O)N(N=O)c1ccc(Cl)cc1. The van der Waals surface area contributed by atoms with Crippen LogP contribution in [0.2, 0.25) is 5.02 Å². The lowest BCUT2D eigenvalue weighted by atomic mass is 10.3. The Balaban J connectivity index is 2.99. The van der Waals surface area contributed by atoms with Crippen molar-refractivity contribution in [2.24, 2.45) is 11.0 Å². The van der Waals surface area contributed by atoms with Crippen LogP contribution in [-0.2, 0) is 0 Å². The summed E-state index contributed by atoms with van der Waals surface area (Å²) in [5, 5.41) is 3.49. The van der Waals surface area contributed by atoms with Crippen LogP contribution < -0.4 is 10.7 Å². The number of benzene rings is 1. The first-order chi connectivity index (χ1) is 6.15. The van der Waals surface area contributed by atoms with E-state index in [1.54, 1.807) is 0 Å². The van der Waals surface area contributed by atoms with Crippen molar-refractivity contribution in [3.63, 3.8) is 0 Å². The Morgan fingerprint density at radius 2 is 1.92 bits per heavy atom. The number of hydrogen-bond acceptors (Lipinski definition) is 3. The fraction of sp³-hybridized carbons (Fsp3) is 0. The van der Waals surface area contributed by atoms with Crippen molar-refractivity contribution < 1.29 is 4.79 Å². The highest BCUT2D eigenvalue weighted by molar-refractivity contribution is 6.30. The predicted octanol–water partition coefficient (Wildman–Crippen LogP) is 1.91. The molecule has 0 radical (unpaired) electrons. The monoisotopic (exact) mass is 199 g/mol. The lowest BCUT2D eigenvalue weighted by Crippen LogP contribution is -2.30. The van der Waals surface area contributed by atoms with E-state index in [2.05, 4.69) is 5.29 Å². The van der Waals surface area contributed by atoms with E-state index in [9.17, 15) is 9.70 Å². The molecule has 0 spiro atoms. The second-order valence-electron chi connectivity index (χ2n) is 2.21. The molecule has 0 fully saturated rings. The van der Waals surface area contributed by atoms with Crippen molar-refractivity contribution in [2.75, 3.05) is 5.01 Å². The Hall–Kier alpha value is -1.62. The fourth-order valence-electron chi connectivity index (χ4n) is 0.797. The van der Waals surface area contributed by atoms with Crippen molar-refractivity contribution in [2.45, 2.75) is 0 Å². The molecule has 0 saturated heterocycles. The van der Waals surface area contributed by atoms with E-state index in [1.165, 1.54) is 24.3 Å². The highest BCUT2D eigenvalue weighted by Gasteiger charge is 2.11. The summed E-state index contributed by atoms with van der Waals surface area (Å²) in [7, 11) is 0. The molecule has 0 saturated carbocycles. The quantitative estimate of drug-likeness (QED) is 0.584. The minimum absolute atomic E-state index is 0.284. The lowest BCUT2D eigenvalue weighted by Gasteiger charge is -2.09. The largest absolute Gasteiger partial charge is 0.350 e. The molecule has 2 amide bonds. The molecule has 0 heterocycles. The Morgan fingerprint density at radius 3 is 2.31 bits per heavy atom. The summed E-state index contributed by atoms with van der Waals surface area (Å²) >= 11 is 5.60. The van der Waals surface area contributed by atoms with E-state index in [4.69, 9.17) is 17.3 Å². The summed E-state index contributed by atoms with van der Waals surface area (Å²) in [6, 6.07) is 5.05. The number of hydrogen-bond donors (Lipinski definition) is 1. The number of carbonyl (C=O) groups is 1. The summed E-state index contributed by atoms with van der Waals surface area (Å²) < 4.78 is 0. The summed E-state index contributed by atoms with van der Waals surface area (Å²) in [5.74, 6) is 0. The topological polar surface area (TPSA) is 75.8 Å². The third-order valence-electron chi connectivity index (χ3n) is 1.36. The molecular formula is C7H6ClN3O2. The highest BCUT2D eigenvalue weighted by Crippen LogP contribution is 2.17. The average molecular weight is 200 g/mol. The molecule has 0 aliphatic carbocycles. The summed E-state index contributed by atoms with van der Waals surface area (Å²) in [4.78, 5) is 20.8. The van der Waals surface area contributed by atoms with E-state index in [1.807, 2.05) is 0 Å². The molecule has 0 aliphatic rings. The van der Waals surface area contributed by atoms with Gasteiger partial charge in [-0.2, -0.15) is 0 Å². The average Bonchev–Trinajstić information content (AvgIpc) is 2.09. The van der Waals surface area contributed by atoms with Crippen LogP contribution in [0.3, 0.4) is 0 Å². The number of halogens is 1. The summed E-state index contributed by atoms with van der Waals surface area (Å²) in [6.45, 7) is 0. The van der Waals surface area contributed by atoms with Crippen molar-refractivity contribution >= 4 is 23.3 Å². The Bertz CT molecular complexity index is 325. The normalized spacial score (nSPS) is 9.31. The van der Waals surface area contributed by atoms with Crippen LogP contribution in [0, 0.1) is 4.91 Å². The number of amides is 2. The van der Waals surface area contributed by atoms with Gasteiger partial charge in [-0.15, -0.1) is 9.92 Å². The smallest absolute Gasteiger partial charge is 0.342 e. The van der Waals surface area contributed by atoms with Gasteiger partial charge in [-0.1, -0.05) is 11.6 Å². The summed E-state index contributed by atoms with van der Waals surface area (Å²) in [6.07, 6.45) is 0. The number of rotatable bonds is 2. The molecule has 0 atom stereocenters. The van der Waals surface area contributed by atoms with E-state index in [0.29, 0.717) is 10.0 Å². The molecule has 1 rings (SSSR count). The fourth-order valence-corrected chi connectivity index (χ4v) is 0.923. The Morgan fingerprint density at radius 1 is 1.38 bits per heavy atom. The Labute approximate surface area is 79.0 Å². The van der Waals surface area contributed by atoms with Gasteiger partial charge in [0.2, 0.25) is 0 Å². The van der Waals surface area contributed by atoms with Gasteiger partial charge in [-0.3, -0.25) is 0 Å².